The van der Waals surface area contributed by atoms with E-state index >= 15 is 0 Å². The SMILES string of the molecule is CC1CC(NS(C)(=O)=O)C(COC2CCC3C(C2)[C@@H]3C)N1. The van der Waals surface area contributed by atoms with Crippen LogP contribution < -0.4 is 10.0 Å². The van der Waals surface area contributed by atoms with Gasteiger partial charge in [0.05, 0.1) is 19.0 Å². The Hall–Kier alpha value is -0.170. The summed E-state index contributed by atoms with van der Waals surface area (Å²) in [4.78, 5) is 0. The van der Waals surface area contributed by atoms with E-state index in [-0.39, 0.29) is 12.1 Å². The zero-order valence-corrected chi connectivity index (χ0v) is 14.0. The summed E-state index contributed by atoms with van der Waals surface area (Å²) in [6.45, 7) is 5.05. The lowest BCUT2D eigenvalue weighted by Gasteiger charge is -2.26. The van der Waals surface area contributed by atoms with Crippen molar-refractivity contribution in [3.8, 4) is 0 Å². The van der Waals surface area contributed by atoms with Crippen LogP contribution >= 0.6 is 0 Å². The van der Waals surface area contributed by atoms with E-state index in [1.807, 2.05) is 0 Å². The van der Waals surface area contributed by atoms with Gasteiger partial charge in [-0.05, 0) is 50.4 Å². The van der Waals surface area contributed by atoms with E-state index in [0.717, 1.165) is 30.6 Å². The maximum absolute atomic E-state index is 11.5. The Bertz CT molecular complexity index is 481. The minimum atomic E-state index is -3.16. The molecule has 2 aliphatic carbocycles. The van der Waals surface area contributed by atoms with E-state index in [1.165, 1.54) is 19.1 Å². The Labute approximate surface area is 128 Å². The molecular formula is C15H28N2O3S. The van der Waals surface area contributed by atoms with Crippen LogP contribution in [0.1, 0.15) is 39.5 Å². The first-order valence-electron chi connectivity index (χ1n) is 8.18. The van der Waals surface area contributed by atoms with Crippen LogP contribution in [0.2, 0.25) is 0 Å². The normalized spacial score (nSPS) is 46.3. The fourth-order valence-corrected chi connectivity index (χ4v) is 5.17. The molecule has 3 rings (SSSR count). The van der Waals surface area contributed by atoms with Gasteiger partial charge in [0.15, 0.2) is 0 Å². The van der Waals surface area contributed by atoms with Crippen molar-refractivity contribution < 1.29 is 13.2 Å². The first-order chi connectivity index (χ1) is 9.83. The fraction of sp³-hybridized carbons (Fsp3) is 1.00. The second kappa shape index (κ2) is 5.80. The third-order valence-corrected chi connectivity index (χ3v) is 6.32. The highest BCUT2D eigenvalue weighted by Gasteiger charge is 2.50. The van der Waals surface area contributed by atoms with Crippen LogP contribution in [0.15, 0.2) is 0 Å². The van der Waals surface area contributed by atoms with Gasteiger partial charge in [-0.3, -0.25) is 0 Å². The minimum absolute atomic E-state index is 0.0498. The van der Waals surface area contributed by atoms with Crippen molar-refractivity contribution in [2.24, 2.45) is 17.8 Å². The standard InChI is InChI=1S/C15H28N2O3S/c1-9-6-14(17-21(3,18)19)15(16-9)8-20-11-4-5-12-10(2)13(12)7-11/h9-17H,4-8H2,1-3H3/t9?,10-,11?,12?,13?,14?,15?/m1/s1. The van der Waals surface area contributed by atoms with Gasteiger partial charge in [0, 0.05) is 18.1 Å². The molecule has 7 atom stereocenters. The van der Waals surface area contributed by atoms with Gasteiger partial charge in [0.1, 0.15) is 0 Å². The Balaban J connectivity index is 1.49. The topological polar surface area (TPSA) is 67.4 Å². The van der Waals surface area contributed by atoms with Gasteiger partial charge < -0.3 is 10.1 Å². The predicted molar refractivity (Wildman–Crippen MR) is 82.5 cm³/mol. The van der Waals surface area contributed by atoms with Crippen molar-refractivity contribution in [3.63, 3.8) is 0 Å². The largest absolute Gasteiger partial charge is 0.377 e. The van der Waals surface area contributed by atoms with Crippen molar-refractivity contribution >= 4 is 10.0 Å². The number of hydrogen-bond acceptors (Lipinski definition) is 4. The average molecular weight is 316 g/mol. The van der Waals surface area contributed by atoms with Crippen LogP contribution in [0.3, 0.4) is 0 Å². The van der Waals surface area contributed by atoms with Gasteiger partial charge in [-0.2, -0.15) is 0 Å². The summed E-state index contributed by atoms with van der Waals surface area (Å²) < 4.78 is 31.7. The molecule has 1 saturated heterocycles. The summed E-state index contributed by atoms with van der Waals surface area (Å²) in [5.74, 6) is 2.72. The lowest BCUT2D eigenvalue weighted by atomic mass is 9.98. The average Bonchev–Trinajstić information content (AvgIpc) is 2.88. The van der Waals surface area contributed by atoms with Crippen molar-refractivity contribution in [3.05, 3.63) is 0 Å². The quantitative estimate of drug-likeness (QED) is 0.797. The van der Waals surface area contributed by atoms with Crippen LogP contribution in [0.4, 0.5) is 0 Å². The molecule has 1 aliphatic heterocycles. The molecule has 0 bridgehead atoms. The molecule has 2 saturated carbocycles. The number of fused-ring (bicyclic) bond motifs is 1. The molecule has 0 aromatic heterocycles. The molecule has 21 heavy (non-hydrogen) atoms. The lowest BCUT2D eigenvalue weighted by Crippen LogP contribution is -2.46. The van der Waals surface area contributed by atoms with Crippen LogP contribution in [0, 0.1) is 17.8 Å². The second-order valence-electron chi connectivity index (χ2n) is 7.36. The fourth-order valence-electron chi connectivity index (χ4n) is 4.36. The van der Waals surface area contributed by atoms with Gasteiger partial charge in [-0.15, -0.1) is 0 Å². The van der Waals surface area contributed by atoms with Crippen LogP contribution in [-0.2, 0) is 14.8 Å². The maximum Gasteiger partial charge on any atom is 0.209 e. The molecule has 122 valence electrons. The van der Waals surface area contributed by atoms with Crippen molar-refractivity contribution in [2.75, 3.05) is 12.9 Å². The third-order valence-electron chi connectivity index (χ3n) is 5.59. The number of nitrogens with one attached hydrogen (secondary N) is 2. The zero-order chi connectivity index (χ0) is 15.2. The third kappa shape index (κ3) is 3.78. The van der Waals surface area contributed by atoms with Crippen molar-refractivity contribution in [1.82, 2.24) is 10.0 Å². The van der Waals surface area contributed by atoms with E-state index < -0.39 is 10.0 Å². The summed E-state index contributed by atoms with van der Waals surface area (Å²) in [6, 6.07) is 0.368. The molecule has 0 spiro atoms. The second-order valence-corrected chi connectivity index (χ2v) is 9.14. The number of hydrogen-bond donors (Lipinski definition) is 2. The molecule has 1 heterocycles. The van der Waals surface area contributed by atoms with Crippen molar-refractivity contribution in [2.45, 2.75) is 63.8 Å². The molecule has 0 amide bonds. The van der Waals surface area contributed by atoms with E-state index in [2.05, 4.69) is 23.9 Å². The Morgan fingerprint density at radius 1 is 1.19 bits per heavy atom. The molecule has 6 unspecified atom stereocenters. The minimum Gasteiger partial charge on any atom is -0.377 e. The van der Waals surface area contributed by atoms with Gasteiger partial charge >= 0.3 is 0 Å². The first-order valence-corrected chi connectivity index (χ1v) is 10.1. The van der Waals surface area contributed by atoms with E-state index in [4.69, 9.17) is 4.74 Å². The van der Waals surface area contributed by atoms with Gasteiger partial charge in [-0.1, -0.05) is 6.92 Å². The Kier molecular flexibility index (Phi) is 4.34. The summed E-state index contributed by atoms with van der Waals surface area (Å²) in [6.07, 6.45) is 6.08. The highest BCUT2D eigenvalue weighted by molar-refractivity contribution is 7.88. The Morgan fingerprint density at radius 2 is 1.95 bits per heavy atom. The van der Waals surface area contributed by atoms with E-state index in [0.29, 0.717) is 18.8 Å². The predicted octanol–water partition coefficient (Wildman–Crippen LogP) is 1.11. The highest BCUT2D eigenvalue weighted by Crippen LogP contribution is 2.55. The van der Waals surface area contributed by atoms with Gasteiger partial charge in [-0.25, -0.2) is 13.1 Å². The maximum atomic E-state index is 11.5. The molecule has 5 nitrogen and oxygen atoms in total. The molecule has 6 heteroatoms. The number of sulfonamides is 1. The monoisotopic (exact) mass is 316 g/mol. The molecule has 0 aromatic rings. The Morgan fingerprint density at radius 3 is 2.62 bits per heavy atom. The lowest BCUT2D eigenvalue weighted by molar-refractivity contribution is 0.0129. The van der Waals surface area contributed by atoms with E-state index in [9.17, 15) is 8.42 Å². The first kappa shape index (κ1) is 15.7. The molecule has 0 radical (unpaired) electrons. The van der Waals surface area contributed by atoms with Crippen LogP contribution in [0.25, 0.3) is 0 Å². The van der Waals surface area contributed by atoms with Crippen LogP contribution in [0.5, 0.6) is 0 Å². The van der Waals surface area contributed by atoms with Crippen LogP contribution in [-0.4, -0.2) is 45.5 Å². The van der Waals surface area contributed by atoms with E-state index in [1.54, 1.807) is 0 Å². The molecule has 2 N–H and O–H groups in total. The summed E-state index contributed by atoms with van der Waals surface area (Å²) in [5, 5.41) is 3.44. The van der Waals surface area contributed by atoms with Gasteiger partial charge in [0.2, 0.25) is 10.0 Å². The smallest absolute Gasteiger partial charge is 0.209 e. The molecular weight excluding hydrogens is 288 g/mol. The molecule has 0 aromatic carbocycles. The summed E-state index contributed by atoms with van der Waals surface area (Å²) in [7, 11) is -3.16. The highest BCUT2D eigenvalue weighted by atomic mass is 32.2. The molecule has 3 aliphatic rings. The summed E-state index contributed by atoms with van der Waals surface area (Å²) >= 11 is 0. The number of ether oxygens (including phenoxy) is 1. The summed E-state index contributed by atoms with van der Waals surface area (Å²) in [5.41, 5.74) is 0. The molecule has 3 fully saturated rings. The number of rotatable bonds is 5. The van der Waals surface area contributed by atoms with Gasteiger partial charge in [0.25, 0.3) is 0 Å². The zero-order valence-electron chi connectivity index (χ0n) is 13.2. The van der Waals surface area contributed by atoms with Crippen molar-refractivity contribution in [1.29, 1.82) is 0 Å².